The zero-order chi connectivity index (χ0) is 11.5. The number of para-hydroxylation sites is 1. The Balaban J connectivity index is 2.96. The Hall–Kier alpha value is -1.27. The zero-order valence-electron chi connectivity index (χ0n) is 8.01. The summed E-state index contributed by atoms with van der Waals surface area (Å²) in [5.41, 5.74) is 2.72. The molecule has 1 unspecified atom stereocenters. The van der Waals surface area contributed by atoms with Gasteiger partial charge in [-0.1, -0.05) is 18.2 Å². The van der Waals surface area contributed by atoms with E-state index >= 15 is 0 Å². The maximum absolute atomic E-state index is 12.0. The second-order valence-corrected chi connectivity index (χ2v) is 2.97. The third kappa shape index (κ3) is 3.41. The van der Waals surface area contributed by atoms with Gasteiger partial charge in [0.1, 0.15) is 5.75 Å². The minimum Gasteiger partial charge on any atom is -0.405 e. The van der Waals surface area contributed by atoms with Crippen LogP contribution in [-0.2, 0) is 0 Å². The molecule has 1 aromatic rings. The molecule has 1 rings (SSSR count). The number of hydrazine groups is 1. The minimum atomic E-state index is -4.69. The van der Waals surface area contributed by atoms with E-state index in [0.717, 1.165) is 0 Å². The van der Waals surface area contributed by atoms with Gasteiger partial charge in [-0.05, 0) is 13.0 Å². The van der Waals surface area contributed by atoms with Crippen LogP contribution in [0.15, 0.2) is 24.3 Å². The van der Waals surface area contributed by atoms with Gasteiger partial charge >= 0.3 is 6.36 Å². The van der Waals surface area contributed by atoms with Crippen molar-refractivity contribution >= 4 is 0 Å². The van der Waals surface area contributed by atoms with E-state index in [9.17, 15) is 13.2 Å². The fourth-order valence-corrected chi connectivity index (χ4v) is 1.15. The summed E-state index contributed by atoms with van der Waals surface area (Å²) in [6, 6.07) is 5.44. The van der Waals surface area contributed by atoms with Crippen molar-refractivity contribution in [2.45, 2.75) is 19.3 Å². The smallest absolute Gasteiger partial charge is 0.405 e. The highest BCUT2D eigenvalue weighted by atomic mass is 19.4. The molecular formula is C9H11F3N2O. The van der Waals surface area contributed by atoms with Crippen molar-refractivity contribution in [1.29, 1.82) is 0 Å². The molecule has 0 radical (unpaired) electrons. The number of rotatable bonds is 3. The van der Waals surface area contributed by atoms with Gasteiger partial charge in [-0.3, -0.25) is 11.3 Å². The number of nitrogens with two attached hydrogens (primary N) is 1. The number of benzene rings is 1. The van der Waals surface area contributed by atoms with Crippen LogP contribution in [0.3, 0.4) is 0 Å². The lowest BCUT2D eigenvalue weighted by Crippen LogP contribution is -2.27. The van der Waals surface area contributed by atoms with Crippen molar-refractivity contribution in [3.8, 4) is 5.75 Å². The molecule has 0 aromatic heterocycles. The lowest BCUT2D eigenvalue weighted by atomic mass is 10.1. The van der Waals surface area contributed by atoms with E-state index in [0.29, 0.717) is 5.56 Å². The Bertz CT molecular complexity index is 327. The third-order valence-corrected chi connectivity index (χ3v) is 1.86. The highest BCUT2D eigenvalue weighted by molar-refractivity contribution is 5.35. The van der Waals surface area contributed by atoms with Gasteiger partial charge in [0, 0.05) is 11.6 Å². The SMILES string of the molecule is CC(NN)c1ccccc1OC(F)(F)F. The van der Waals surface area contributed by atoms with Gasteiger partial charge in [-0.2, -0.15) is 0 Å². The molecule has 0 saturated heterocycles. The van der Waals surface area contributed by atoms with Crippen molar-refractivity contribution in [3.63, 3.8) is 0 Å². The van der Waals surface area contributed by atoms with Gasteiger partial charge in [0.15, 0.2) is 0 Å². The first-order valence-corrected chi connectivity index (χ1v) is 4.25. The van der Waals surface area contributed by atoms with Crippen LogP contribution >= 0.6 is 0 Å². The number of ether oxygens (including phenoxy) is 1. The van der Waals surface area contributed by atoms with E-state index < -0.39 is 12.4 Å². The summed E-state index contributed by atoms with van der Waals surface area (Å²) in [4.78, 5) is 0. The van der Waals surface area contributed by atoms with Crippen LogP contribution in [0.5, 0.6) is 5.75 Å². The van der Waals surface area contributed by atoms with Crippen LogP contribution < -0.4 is 16.0 Å². The van der Waals surface area contributed by atoms with Crippen LogP contribution in [0.4, 0.5) is 13.2 Å². The molecule has 0 saturated carbocycles. The average Bonchev–Trinajstić information content (AvgIpc) is 2.15. The number of hydrogen-bond donors (Lipinski definition) is 2. The molecule has 0 heterocycles. The summed E-state index contributed by atoms with van der Waals surface area (Å²) in [5.74, 6) is 4.91. The van der Waals surface area contributed by atoms with Gasteiger partial charge in [0.2, 0.25) is 0 Å². The quantitative estimate of drug-likeness (QED) is 0.605. The average molecular weight is 220 g/mol. The first kappa shape index (κ1) is 11.8. The third-order valence-electron chi connectivity index (χ3n) is 1.86. The molecule has 0 amide bonds. The summed E-state index contributed by atoms with van der Waals surface area (Å²) >= 11 is 0. The van der Waals surface area contributed by atoms with Crippen molar-refractivity contribution in [3.05, 3.63) is 29.8 Å². The van der Waals surface area contributed by atoms with Crippen LogP contribution in [0, 0.1) is 0 Å². The van der Waals surface area contributed by atoms with E-state index in [4.69, 9.17) is 5.84 Å². The molecule has 0 spiro atoms. The molecule has 1 aromatic carbocycles. The summed E-state index contributed by atoms with van der Waals surface area (Å²) in [6.45, 7) is 1.64. The summed E-state index contributed by atoms with van der Waals surface area (Å²) < 4.78 is 39.9. The predicted molar refractivity (Wildman–Crippen MR) is 48.9 cm³/mol. The van der Waals surface area contributed by atoms with Gasteiger partial charge < -0.3 is 4.74 Å². The molecule has 0 aliphatic rings. The summed E-state index contributed by atoms with van der Waals surface area (Å²) in [5, 5.41) is 0. The molecular weight excluding hydrogens is 209 g/mol. The van der Waals surface area contributed by atoms with Crippen molar-refractivity contribution in [2.75, 3.05) is 0 Å². The van der Waals surface area contributed by atoms with Crippen LogP contribution in [-0.4, -0.2) is 6.36 Å². The Morgan fingerprint density at radius 2 is 1.93 bits per heavy atom. The second kappa shape index (κ2) is 4.50. The van der Waals surface area contributed by atoms with Crippen molar-refractivity contribution in [2.24, 2.45) is 5.84 Å². The zero-order valence-corrected chi connectivity index (χ0v) is 8.01. The van der Waals surface area contributed by atoms with Crippen LogP contribution in [0.2, 0.25) is 0 Å². The predicted octanol–water partition coefficient (Wildman–Crippen LogP) is 2.11. The van der Waals surface area contributed by atoms with Crippen molar-refractivity contribution in [1.82, 2.24) is 5.43 Å². The molecule has 0 aliphatic carbocycles. The molecule has 3 N–H and O–H groups in total. The Kier molecular flexibility index (Phi) is 3.54. The fraction of sp³-hybridized carbons (Fsp3) is 0.333. The molecule has 84 valence electrons. The van der Waals surface area contributed by atoms with E-state index in [1.807, 2.05) is 0 Å². The first-order chi connectivity index (χ1) is 6.94. The number of nitrogens with one attached hydrogen (secondary N) is 1. The van der Waals surface area contributed by atoms with Gasteiger partial charge in [-0.25, -0.2) is 0 Å². The largest absolute Gasteiger partial charge is 0.573 e. The minimum absolute atomic E-state index is 0.240. The number of alkyl halides is 3. The highest BCUT2D eigenvalue weighted by Gasteiger charge is 2.32. The first-order valence-electron chi connectivity index (χ1n) is 4.25. The normalized spacial score (nSPS) is 13.7. The molecule has 0 bridgehead atoms. The summed E-state index contributed by atoms with van der Waals surface area (Å²) in [6.07, 6.45) is -4.69. The fourth-order valence-electron chi connectivity index (χ4n) is 1.15. The number of halogens is 3. The molecule has 0 fully saturated rings. The van der Waals surface area contributed by atoms with E-state index in [1.54, 1.807) is 13.0 Å². The standard InChI is InChI=1S/C9H11F3N2O/c1-6(14-13)7-4-2-3-5-8(7)15-9(10,11)12/h2-6,14H,13H2,1H3. The van der Waals surface area contributed by atoms with Gasteiger partial charge in [-0.15, -0.1) is 13.2 Å². The lowest BCUT2D eigenvalue weighted by molar-refractivity contribution is -0.275. The Labute approximate surface area is 85.0 Å². The molecule has 15 heavy (non-hydrogen) atoms. The van der Waals surface area contributed by atoms with Crippen LogP contribution in [0.25, 0.3) is 0 Å². The second-order valence-electron chi connectivity index (χ2n) is 2.97. The van der Waals surface area contributed by atoms with E-state index in [1.165, 1.54) is 18.2 Å². The highest BCUT2D eigenvalue weighted by Crippen LogP contribution is 2.29. The molecule has 6 heteroatoms. The maximum Gasteiger partial charge on any atom is 0.573 e. The monoisotopic (exact) mass is 220 g/mol. The molecule has 3 nitrogen and oxygen atoms in total. The van der Waals surface area contributed by atoms with Crippen LogP contribution in [0.1, 0.15) is 18.5 Å². The number of hydrogen-bond acceptors (Lipinski definition) is 3. The maximum atomic E-state index is 12.0. The lowest BCUT2D eigenvalue weighted by Gasteiger charge is -2.16. The van der Waals surface area contributed by atoms with Gasteiger partial charge in [0.05, 0.1) is 0 Å². The topological polar surface area (TPSA) is 47.3 Å². The Morgan fingerprint density at radius 1 is 1.33 bits per heavy atom. The Morgan fingerprint density at radius 3 is 2.47 bits per heavy atom. The summed E-state index contributed by atoms with van der Waals surface area (Å²) in [7, 11) is 0. The van der Waals surface area contributed by atoms with Crippen molar-refractivity contribution < 1.29 is 17.9 Å². The van der Waals surface area contributed by atoms with Gasteiger partial charge in [0.25, 0.3) is 0 Å². The van der Waals surface area contributed by atoms with E-state index in [2.05, 4.69) is 10.2 Å². The molecule has 1 atom stereocenters. The molecule has 0 aliphatic heterocycles. The van der Waals surface area contributed by atoms with E-state index in [-0.39, 0.29) is 5.75 Å².